The van der Waals surface area contributed by atoms with E-state index in [1.807, 2.05) is 0 Å². The summed E-state index contributed by atoms with van der Waals surface area (Å²) in [7, 11) is 0. The van der Waals surface area contributed by atoms with E-state index in [1.54, 1.807) is 0 Å². The number of ether oxygens (including phenoxy) is 2. The average molecular weight is 199 g/mol. The summed E-state index contributed by atoms with van der Waals surface area (Å²) in [5, 5.41) is 0. The third-order valence-corrected chi connectivity index (χ3v) is 3.03. The van der Waals surface area contributed by atoms with Gasteiger partial charge in [0.15, 0.2) is 6.29 Å². The second-order valence-electron chi connectivity index (χ2n) is 4.22. The molecule has 2 fully saturated rings. The highest BCUT2D eigenvalue weighted by Crippen LogP contribution is 2.12. The highest BCUT2D eigenvalue weighted by Gasteiger charge is 2.16. The largest absolute Gasteiger partial charge is 0.353 e. The molecule has 0 amide bonds. The van der Waals surface area contributed by atoms with Crippen LogP contribution in [0.15, 0.2) is 0 Å². The van der Waals surface area contributed by atoms with Crippen molar-refractivity contribution >= 4 is 0 Å². The first-order valence-corrected chi connectivity index (χ1v) is 5.91. The Morgan fingerprint density at radius 1 is 0.929 bits per heavy atom. The lowest BCUT2D eigenvalue weighted by Gasteiger charge is -2.29. The normalized spacial score (nSPS) is 26.6. The lowest BCUT2D eigenvalue weighted by Crippen LogP contribution is -2.34. The first-order chi connectivity index (χ1) is 6.95. The standard InChI is InChI=1S/C11H21NO2/c1-2-6-12(7-3-1)8-5-11-13-9-4-10-14-11/h11H,1-10H2. The van der Waals surface area contributed by atoms with Crippen LogP contribution in [0, 0.1) is 0 Å². The lowest BCUT2D eigenvalue weighted by atomic mass is 10.1. The minimum absolute atomic E-state index is 0.0747. The molecule has 82 valence electrons. The Hall–Kier alpha value is -0.120. The molecule has 2 aliphatic heterocycles. The van der Waals surface area contributed by atoms with E-state index in [2.05, 4.69) is 4.90 Å². The second-order valence-corrected chi connectivity index (χ2v) is 4.22. The molecule has 0 aromatic rings. The fourth-order valence-electron chi connectivity index (χ4n) is 2.17. The fourth-order valence-corrected chi connectivity index (χ4v) is 2.17. The number of nitrogens with zero attached hydrogens (tertiary/aromatic N) is 1. The molecular weight excluding hydrogens is 178 g/mol. The smallest absolute Gasteiger partial charge is 0.158 e. The third kappa shape index (κ3) is 3.23. The van der Waals surface area contributed by atoms with Gasteiger partial charge in [0.2, 0.25) is 0 Å². The molecule has 0 bridgehead atoms. The Bertz CT molecular complexity index is 133. The van der Waals surface area contributed by atoms with Crippen molar-refractivity contribution in [1.82, 2.24) is 4.90 Å². The van der Waals surface area contributed by atoms with Crippen LogP contribution < -0.4 is 0 Å². The van der Waals surface area contributed by atoms with E-state index in [9.17, 15) is 0 Å². The van der Waals surface area contributed by atoms with Crippen molar-refractivity contribution in [1.29, 1.82) is 0 Å². The van der Waals surface area contributed by atoms with E-state index in [0.717, 1.165) is 32.6 Å². The summed E-state index contributed by atoms with van der Waals surface area (Å²) in [5.74, 6) is 0. The lowest BCUT2D eigenvalue weighted by molar-refractivity contribution is -0.182. The molecule has 0 atom stereocenters. The van der Waals surface area contributed by atoms with Crippen LogP contribution in [0.2, 0.25) is 0 Å². The van der Waals surface area contributed by atoms with Gasteiger partial charge >= 0.3 is 0 Å². The van der Waals surface area contributed by atoms with Gasteiger partial charge in [0.25, 0.3) is 0 Å². The second kappa shape index (κ2) is 5.69. The highest BCUT2D eigenvalue weighted by atomic mass is 16.7. The predicted molar refractivity (Wildman–Crippen MR) is 55.2 cm³/mol. The zero-order valence-corrected chi connectivity index (χ0v) is 8.91. The number of likely N-dealkylation sites (tertiary alicyclic amines) is 1. The van der Waals surface area contributed by atoms with Crippen LogP contribution in [-0.4, -0.2) is 44.0 Å². The van der Waals surface area contributed by atoms with Crippen LogP contribution >= 0.6 is 0 Å². The van der Waals surface area contributed by atoms with Gasteiger partial charge in [-0.15, -0.1) is 0 Å². The fraction of sp³-hybridized carbons (Fsp3) is 1.00. The van der Waals surface area contributed by atoms with Gasteiger partial charge in [-0.05, 0) is 32.4 Å². The van der Waals surface area contributed by atoms with Crippen molar-refractivity contribution in [3.63, 3.8) is 0 Å². The van der Waals surface area contributed by atoms with E-state index < -0.39 is 0 Å². The van der Waals surface area contributed by atoms with Gasteiger partial charge in [-0.2, -0.15) is 0 Å². The Morgan fingerprint density at radius 3 is 2.36 bits per heavy atom. The van der Waals surface area contributed by atoms with Crippen molar-refractivity contribution in [2.75, 3.05) is 32.8 Å². The summed E-state index contributed by atoms with van der Waals surface area (Å²) in [6, 6.07) is 0. The molecule has 2 saturated heterocycles. The van der Waals surface area contributed by atoms with Gasteiger partial charge in [0, 0.05) is 13.0 Å². The number of hydrogen-bond donors (Lipinski definition) is 0. The van der Waals surface area contributed by atoms with Gasteiger partial charge in [-0.25, -0.2) is 0 Å². The molecule has 3 heteroatoms. The molecule has 3 nitrogen and oxygen atoms in total. The Kier molecular flexibility index (Phi) is 4.22. The SMILES string of the molecule is C1CCN(CCC2OCCCO2)CC1. The van der Waals surface area contributed by atoms with Crippen molar-refractivity contribution in [2.45, 2.75) is 38.4 Å². The minimum Gasteiger partial charge on any atom is -0.353 e. The van der Waals surface area contributed by atoms with Crippen molar-refractivity contribution in [3.8, 4) is 0 Å². The minimum atomic E-state index is 0.0747. The Labute approximate surface area is 86.4 Å². The molecule has 0 saturated carbocycles. The van der Waals surface area contributed by atoms with Gasteiger partial charge in [-0.3, -0.25) is 0 Å². The number of rotatable bonds is 3. The molecule has 0 aromatic carbocycles. The maximum absolute atomic E-state index is 5.52. The zero-order chi connectivity index (χ0) is 9.64. The summed E-state index contributed by atoms with van der Waals surface area (Å²) >= 11 is 0. The number of hydrogen-bond acceptors (Lipinski definition) is 3. The first-order valence-electron chi connectivity index (χ1n) is 5.91. The van der Waals surface area contributed by atoms with E-state index in [1.165, 1.54) is 32.4 Å². The van der Waals surface area contributed by atoms with Crippen molar-refractivity contribution < 1.29 is 9.47 Å². The van der Waals surface area contributed by atoms with Crippen LogP contribution in [0.25, 0.3) is 0 Å². The molecule has 2 heterocycles. The van der Waals surface area contributed by atoms with Gasteiger partial charge in [0.1, 0.15) is 0 Å². The Balaban J connectivity index is 1.60. The highest BCUT2D eigenvalue weighted by molar-refractivity contribution is 4.65. The van der Waals surface area contributed by atoms with Crippen LogP contribution in [0.3, 0.4) is 0 Å². The van der Waals surface area contributed by atoms with Crippen LogP contribution in [0.1, 0.15) is 32.1 Å². The predicted octanol–water partition coefficient (Wildman–Crippen LogP) is 1.63. The first kappa shape index (κ1) is 10.4. The molecule has 0 radical (unpaired) electrons. The maximum Gasteiger partial charge on any atom is 0.158 e. The molecule has 0 aliphatic carbocycles. The van der Waals surface area contributed by atoms with Crippen LogP contribution in [-0.2, 0) is 9.47 Å². The van der Waals surface area contributed by atoms with E-state index in [-0.39, 0.29) is 6.29 Å². The summed E-state index contributed by atoms with van der Waals surface area (Å²) in [6.45, 7) is 5.44. The van der Waals surface area contributed by atoms with Crippen molar-refractivity contribution in [3.05, 3.63) is 0 Å². The van der Waals surface area contributed by atoms with Gasteiger partial charge in [-0.1, -0.05) is 6.42 Å². The van der Waals surface area contributed by atoms with E-state index in [4.69, 9.17) is 9.47 Å². The molecule has 0 unspecified atom stereocenters. The molecule has 2 rings (SSSR count). The Morgan fingerprint density at radius 2 is 1.64 bits per heavy atom. The van der Waals surface area contributed by atoms with Crippen LogP contribution in [0.4, 0.5) is 0 Å². The van der Waals surface area contributed by atoms with Gasteiger partial charge in [0.05, 0.1) is 13.2 Å². The summed E-state index contributed by atoms with van der Waals surface area (Å²) in [6.07, 6.45) is 6.32. The molecule has 2 aliphatic rings. The van der Waals surface area contributed by atoms with E-state index in [0.29, 0.717) is 0 Å². The molecule has 0 aromatic heterocycles. The molecular formula is C11H21NO2. The molecule has 14 heavy (non-hydrogen) atoms. The van der Waals surface area contributed by atoms with Crippen molar-refractivity contribution in [2.24, 2.45) is 0 Å². The quantitative estimate of drug-likeness (QED) is 0.689. The summed E-state index contributed by atoms with van der Waals surface area (Å²) in [5.41, 5.74) is 0. The molecule has 0 N–H and O–H groups in total. The molecule has 0 spiro atoms. The summed E-state index contributed by atoms with van der Waals surface area (Å²) < 4.78 is 11.0. The monoisotopic (exact) mass is 199 g/mol. The average Bonchev–Trinajstić information content (AvgIpc) is 2.29. The van der Waals surface area contributed by atoms with E-state index >= 15 is 0 Å². The topological polar surface area (TPSA) is 21.7 Å². The third-order valence-electron chi connectivity index (χ3n) is 3.03. The maximum atomic E-state index is 5.52. The zero-order valence-electron chi connectivity index (χ0n) is 8.91. The summed E-state index contributed by atoms with van der Waals surface area (Å²) in [4.78, 5) is 2.53. The van der Waals surface area contributed by atoms with Gasteiger partial charge < -0.3 is 14.4 Å². The number of piperidine rings is 1. The van der Waals surface area contributed by atoms with Crippen LogP contribution in [0.5, 0.6) is 0 Å².